The first-order chi connectivity index (χ1) is 21.2. The lowest BCUT2D eigenvalue weighted by atomic mass is 9.97. The second-order valence-corrected chi connectivity index (χ2v) is 12.7. The molecule has 1 saturated heterocycles. The van der Waals surface area contributed by atoms with Crippen LogP contribution in [-0.4, -0.2) is 74.0 Å². The first-order valence-corrected chi connectivity index (χ1v) is 15.5. The van der Waals surface area contributed by atoms with Gasteiger partial charge in [0.1, 0.15) is 18.4 Å². The molecule has 5 N–H and O–H groups in total. The average Bonchev–Trinajstić information content (AvgIpc) is 3.48. The molecule has 2 aromatic carbocycles. The molecule has 14 nitrogen and oxygen atoms in total. The van der Waals surface area contributed by atoms with Crippen molar-refractivity contribution < 1.29 is 41.8 Å². The number of carbonyl (C=O) groups is 1. The maximum absolute atomic E-state index is 16.4. The molecule has 1 aliphatic rings. The van der Waals surface area contributed by atoms with Crippen molar-refractivity contribution in [1.29, 1.82) is 0 Å². The minimum atomic E-state index is -4.67. The first-order valence-electron chi connectivity index (χ1n) is 14.0. The molecule has 0 bridgehead atoms. The standard InChI is InChI=1S/C28H34F2N7O7P/c1-15(2)42-23(38)16(3)36-45(40,44-19-12-8-10-17-9-6-7-11-18(17)19)41-13-28(30)24(39)27(4,29)25(43-28)37-14-33-20-21(32-5)34-26(31)35-22(20)37/h6-12,14-16,24-25,39H,13H2,1-5H3,(H,36,40)(H3,31,32,34,35)/t16-,24-,25+,27+,28+,45-/m0/s1. The third-order valence-corrected chi connectivity index (χ3v) is 8.73. The molecule has 0 saturated carbocycles. The van der Waals surface area contributed by atoms with Crippen LogP contribution in [0.3, 0.4) is 0 Å². The Labute approximate surface area is 256 Å². The number of imidazole rings is 1. The molecular formula is C28H34F2N7O7P. The van der Waals surface area contributed by atoms with E-state index < -0.39 is 56.3 Å². The number of halogens is 2. The third kappa shape index (κ3) is 6.29. The second kappa shape index (κ2) is 12.1. The summed E-state index contributed by atoms with van der Waals surface area (Å²) < 4.78 is 69.7. The van der Waals surface area contributed by atoms with Crippen molar-refractivity contribution >= 4 is 47.4 Å². The van der Waals surface area contributed by atoms with Crippen LogP contribution in [0.2, 0.25) is 0 Å². The molecule has 2 aromatic heterocycles. The molecule has 242 valence electrons. The van der Waals surface area contributed by atoms with E-state index in [-0.39, 0.29) is 28.7 Å². The van der Waals surface area contributed by atoms with Crippen molar-refractivity contribution in [3.63, 3.8) is 0 Å². The number of benzene rings is 2. The van der Waals surface area contributed by atoms with Gasteiger partial charge in [-0.3, -0.25) is 13.9 Å². The summed E-state index contributed by atoms with van der Waals surface area (Å²) >= 11 is 0. The fourth-order valence-electron chi connectivity index (χ4n) is 4.93. The number of nitrogen functional groups attached to an aromatic ring is 1. The van der Waals surface area contributed by atoms with Crippen LogP contribution in [-0.2, 0) is 23.4 Å². The van der Waals surface area contributed by atoms with Crippen LogP contribution in [0.25, 0.3) is 21.9 Å². The van der Waals surface area contributed by atoms with Crippen molar-refractivity contribution in [2.45, 2.75) is 63.7 Å². The van der Waals surface area contributed by atoms with Crippen LogP contribution >= 0.6 is 7.75 Å². The summed E-state index contributed by atoms with van der Waals surface area (Å²) in [6.07, 6.45) is -3.62. The largest absolute Gasteiger partial charge is 0.462 e. The predicted octanol–water partition coefficient (Wildman–Crippen LogP) is 4.02. The van der Waals surface area contributed by atoms with E-state index in [9.17, 15) is 14.5 Å². The Morgan fingerprint density at radius 2 is 1.91 bits per heavy atom. The zero-order chi connectivity index (χ0) is 32.7. The van der Waals surface area contributed by atoms with Gasteiger partial charge in [-0.1, -0.05) is 36.4 Å². The lowest BCUT2D eigenvalue weighted by Crippen LogP contribution is -2.47. The van der Waals surface area contributed by atoms with Gasteiger partial charge in [-0.05, 0) is 39.1 Å². The summed E-state index contributed by atoms with van der Waals surface area (Å²) in [6, 6.07) is 10.7. The van der Waals surface area contributed by atoms with Gasteiger partial charge in [0.25, 0.3) is 5.85 Å². The molecule has 3 heterocycles. The summed E-state index contributed by atoms with van der Waals surface area (Å²) in [7, 11) is -3.10. The number of nitrogens with zero attached hydrogens (tertiary/aromatic N) is 4. The Balaban J connectivity index is 1.45. The summed E-state index contributed by atoms with van der Waals surface area (Å²) in [4.78, 5) is 24.8. The van der Waals surface area contributed by atoms with Crippen molar-refractivity contribution in [2.24, 2.45) is 0 Å². The monoisotopic (exact) mass is 649 g/mol. The molecule has 5 rings (SSSR count). The van der Waals surface area contributed by atoms with E-state index in [0.717, 1.165) is 23.2 Å². The number of hydrogen-bond acceptors (Lipinski definition) is 12. The Bertz CT molecular complexity index is 1770. The highest BCUT2D eigenvalue weighted by Gasteiger charge is 2.65. The van der Waals surface area contributed by atoms with E-state index in [1.807, 2.05) is 0 Å². The molecule has 1 aliphatic heterocycles. The quantitative estimate of drug-likeness (QED) is 0.135. The molecule has 0 unspecified atom stereocenters. The van der Waals surface area contributed by atoms with Crippen LogP contribution < -0.4 is 20.7 Å². The fourth-order valence-corrected chi connectivity index (χ4v) is 6.46. The number of nitrogens with two attached hydrogens (primary N) is 1. The number of nitrogens with one attached hydrogen (secondary N) is 2. The van der Waals surface area contributed by atoms with Gasteiger partial charge in [0.2, 0.25) is 5.95 Å². The Morgan fingerprint density at radius 3 is 2.62 bits per heavy atom. The third-order valence-electron chi connectivity index (χ3n) is 7.12. The zero-order valence-corrected chi connectivity index (χ0v) is 26.0. The number of carbonyl (C=O) groups excluding carboxylic acids is 1. The van der Waals surface area contributed by atoms with Gasteiger partial charge in [0.05, 0.1) is 12.4 Å². The van der Waals surface area contributed by atoms with Gasteiger partial charge in [-0.25, -0.2) is 18.3 Å². The van der Waals surface area contributed by atoms with Crippen molar-refractivity contribution in [1.82, 2.24) is 24.6 Å². The van der Waals surface area contributed by atoms with Crippen molar-refractivity contribution in [2.75, 3.05) is 24.7 Å². The lowest BCUT2D eigenvalue weighted by molar-refractivity contribution is -0.202. The van der Waals surface area contributed by atoms with E-state index in [1.54, 1.807) is 57.3 Å². The predicted molar refractivity (Wildman–Crippen MR) is 161 cm³/mol. The topological polar surface area (TPSA) is 185 Å². The molecule has 6 atom stereocenters. The highest BCUT2D eigenvalue weighted by atomic mass is 31.2. The highest BCUT2D eigenvalue weighted by Crippen LogP contribution is 2.52. The van der Waals surface area contributed by atoms with E-state index in [4.69, 9.17) is 24.3 Å². The number of hydrogen-bond donors (Lipinski definition) is 4. The molecule has 45 heavy (non-hydrogen) atoms. The maximum Gasteiger partial charge on any atom is 0.459 e. The molecule has 0 radical (unpaired) electrons. The van der Waals surface area contributed by atoms with Crippen LogP contribution in [0, 0.1) is 0 Å². The Hall–Kier alpha value is -3.95. The zero-order valence-electron chi connectivity index (χ0n) is 25.1. The van der Waals surface area contributed by atoms with E-state index in [2.05, 4.69) is 25.4 Å². The number of aliphatic hydroxyl groups excluding tert-OH is 1. The Kier molecular flexibility index (Phi) is 8.72. The summed E-state index contributed by atoms with van der Waals surface area (Å²) in [5, 5.41) is 17.4. The molecule has 0 amide bonds. The van der Waals surface area contributed by atoms with Crippen LogP contribution in [0.4, 0.5) is 20.5 Å². The van der Waals surface area contributed by atoms with Gasteiger partial charge in [0.15, 0.2) is 35.0 Å². The smallest absolute Gasteiger partial charge is 0.459 e. The molecule has 1 fully saturated rings. The molecule has 17 heteroatoms. The number of anilines is 2. The second-order valence-electron chi connectivity index (χ2n) is 11.0. The molecule has 4 aromatic rings. The number of rotatable bonds is 11. The van der Waals surface area contributed by atoms with Crippen molar-refractivity contribution in [3.05, 3.63) is 48.8 Å². The van der Waals surface area contributed by atoms with E-state index in [0.29, 0.717) is 5.39 Å². The van der Waals surface area contributed by atoms with Crippen LogP contribution in [0.1, 0.15) is 33.9 Å². The number of ether oxygens (including phenoxy) is 2. The van der Waals surface area contributed by atoms with Gasteiger partial charge in [-0.15, -0.1) is 0 Å². The first kappa shape index (κ1) is 32.4. The van der Waals surface area contributed by atoms with Crippen LogP contribution in [0.5, 0.6) is 5.75 Å². The van der Waals surface area contributed by atoms with Crippen molar-refractivity contribution in [3.8, 4) is 5.75 Å². The normalized spacial score (nSPS) is 25.4. The van der Waals surface area contributed by atoms with Gasteiger partial charge >= 0.3 is 13.7 Å². The lowest BCUT2D eigenvalue weighted by Gasteiger charge is -2.28. The number of alkyl halides is 2. The number of fused-ring (bicyclic) bond motifs is 2. The van der Waals surface area contributed by atoms with Crippen LogP contribution in [0.15, 0.2) is 48.8 Å². The van der Waals surface area contributed by atoms with E-state index >= 15 is 8.78 Å². The van der Waals surface area contributed by atoms with Gasteiger partial charge in [0, 0.05) is 12.4 Å². The number of esters is 1. The number of aliphatic hydroxyl groups is 1. The maximum atomic E-state index is 16.4. The Morgan fingerprint density at radius 1 is 1.20 bits per heavy atom. The summed E-state index contributed by atoms with van der Waals surface area (Å²) in [5.74, 6) is -3.91. The molecule has 0 spiro atoms. The minimum absolute atomic E-state index is 0.00205. The number of aromatic nitrogens is 4. The minimum Gasteiger partial charge on any atom is -0.462 e. The molecular weight excluding hydrogens is 615 g/mol. The highest BCUT2D eigenvalue weighted by molar-refractivity contribution is 7.52. The summed E-state index contributed by atoms with van der Waals surface area (Å²) in [5.41, 5.74) is 3.20. The van der Waals surface area contributed by atoms with Gasteiger partial charge < -0.3 is 30.2 Å². The van der Waals surface area contributed by atoms with Gasteiger partial charge in [-0.2, -0.15) is 15.1 Å². The van der Waals surface area contributed by atoms with E-state index in [1.165, 1.54) is 13.0 Å². The SMILES string of the molecule is CNc1nc(N)nc2c1ncn2[C@@H]1O[C@](F)(CO[P@@](=O)(N[C@@H](C)C(=O)OC(C)C)Oc2cccc3ccccc23)[C@@H](O)[C@@]1(C)F. The summed E-state index contributed by atoms with van der Waals surface area (Å²) in [6.45, 7) is 4.26. The molecule has 0 aliphatic carbocycles. The average molecular weight is 650 g/mol. The fraction of sp³-hybridized carbons (Fsp3) is 0.429.